The van der Waals surface area contributed by atoms with Crippen molar-refractivity contribution in [1.29, 1.82) is 0 Å². The van der Waals surface area contributed by atoms with E-state index in [1.807, 2.05) is 0 Å². The second kappa shape index (κ2) is 4.82. The van der Waals surface area contributed by atoms with Gasteiger partial charge in [0.05, 0.1) is 23.4 Å². The van der Waals surface area contributed by atoms with Crippen LogP contribution in [0.1, 0.15) is 69.2 Å². The molecule has 2 saturated heterocycles. The van der Waals surface area contributed by atoms with Crippen molar-refractivity contribution in [2.45, 2.75) is 83.2 Å². The minimum atomic E-state index is -0.0737. The fraction of sp³-hybridized carbons (Fsp3) is 0.700. The summed E-state index contributed by atoms with van der Waals surface area (Å²) in [7, 11) is 0. The predicted molar refractivity (Wildman–Crippen MR) is 88.0 cm³/mol. The van der Waals surface area contributed by atoms with Gasteiger partial charge in [0, 0.05) is 6.42 Å². The van der Waals surface area contributed by atoms with Gasteiger partial charge in [0.15, 0.2) is 0 Å². The molecule has 0 saturated carbocycles. The zero-order valence-corrected chi connectivity index (χ0v) is 14.3. The molecule has 4 atom stereocenters. The van der Waals surface area contributed by atoms with Gasteiger partial charge in [-0.05, 0) is 62.1 Å². The SMILES string of the molecule is Cc1cccc2c1C(OC1CC3(C(C)C)CCC1(C)O3)CC2. The van der Waals surface area contributed by atoms with Gasteiger partial charge in [0.2, 0.25) is 0 Å². The normalized spacial score (nSPS) is 39.7. The Morgan fingerprint density at radius 1 is 1.27 bits per heavy atom. The summed E-state index contributed by atoms with van der Waals surface area (Å²) in [4.78, 5) is 0. The lowest BCUT2D eigenvalue weighted by atomic mass is 9.75. The average Bonchev–Trinajstić information content (AvgIpc) is 3.10. The summed E-state index contributed by atoms with van der Waals surface area (Å²) in [5.41, 5.74) is 4.31. The van der Waals surface area contributed by atoms with E-state index in [1.165, 1.54) is 23.1 Å². The van der Waals surface area contributed by atoms with Gasteiger partial charge in [0.25, 0.3) is 0 Å². The molecule has 1 aliphatic carbocycles. The molecule has 22 heavy (non-hydrogen) atoms. The first-order valence-electron chi connectivity index (χ1n) is 8.88. The molecule has 0 radical (unpaired) electrons. The molecule has 120 valence electrons. The van der Waals surface area contributed by atoms with Crippen molar-refractivity contribution in [3.8, 4) is 0 Å². The third kappa shape index (κ3) is 2.00. The van der Waals surface area contributed by atoms with Crippen LogP contribution < -0.4 is 0 Å². The lowest BCUT2D eigenvalue weighted by Crippen LogP contribution is -2.39. The van der Waals surface area contributed by atoms with E-state index in [2.05, 4.69) is 45.9 Å². The van der Waals surface area contributed by atoms with Gasteiger partial charge in [-0.25, -0.2) is 0 Å². The topological polar surface area (TPSA) is 18.5 Å². The molecule has 2 fully saturated rings. The molecule has 2 heterocycles. The molecule has 3 aliphatic rings. The lowest BCUT2D eigenvalue weighted by Gasteiger charge is -2.33. The monoisotopic (exact) mass is 300 g/mol. The minimum absolute atomic E-state index is 0.0621. The highest BCUT2D eigenvalue weighted by atomic mass is 16.6. The van der Waals surface area contributed by atoms with Crippen LogP contribution in [0.25, 0.3) is 0 Å². The van der Waals surface area contributed by atoms with E-state index in [0.29, 0.717) is 5.92 Å². The van der Waals surface area contributed by atoms with Gasteiger partial charge in [-0.2, -0.15) is 0 Å². The Labute approximate surface area is 134 Å². The Morgan fingerprint density at radius 2 is 2.09 bits per heavy atom. The second-order valence-electron chi connectivity index (χ2n) is 8.14. The molecule has 0 amide bonds. The minimum Gasteiger partial charge on any atom is -0.367 e. The molecule has 2 aliphatic heterocycles. The Hall–Kier alpha value is -0.860. The second-order valence-corrected chi connectivity index (χ2v) is 8.14. The number of hydrogen-bond acceptors (Lipinski definition) is 2. The third-order valence-electron chi connectivity index (χ3n) is 6.49. The van der Waals surface area contributed by atoms with Crippen LogP contribution >= 0.6 is 0 Å². The van der Waals surface area contributed by atoms with E-state index in [4.69, 9.17) is 9.47 Å². The molecule has 1 aromatic carbocycles. The van der Waals surface area contributed by atoms with Gasteiger partial charge in [0.1, 0.15) is 0 Å². The molecule has 1 aromatic rings. The smallest absolute Gasteiger partial charge is 0.0925 e. The van der Waals surface area contributed by atoms with Crippen molar-refractivity contribution >= 4 is 0 Å². The highest BCUT2D eigenvalue weighted by molar-refractivity contribution is 5.39. The van der Waals surface area contributed by atoms with Crippen molar-refractivity contribution < 1.29 is 9.47 Å². The largest absolute Gasteiger partial charge is 0.367 e. The Morgan fingerprint density at radius 3 is 2.82 bits per heavy atom. The van der Waals surface area contributed by atoms with Gasteiger partial charge in [-0.15, -0.1) is 0 Å². The summed E-state index contributed by atoms with van der Waals surface area (Å²) < 4.78 is 13.2. The van der Waals surface area contributed by atoms with Crippen molar-refractivity contribution in [3.05, 3.63) is 34.9 Å². The van der Waals surface area contributed by atoms with Crippen LogP contribution in [0.2, 0.25) is 0 Å². The van der Waals surface area contributed by atoms with Gasteiger partial charge >= 0.3 is 0 Å². The molecule has 2 bridgehead atoms. The van der Waals surface area contributed by atoms with Crippen LogP contribution in [0.15, 0.2) is 18.2 Å². The van der Waals surface area contributed by atoms with E-state index in [9.17, 15) is 0 Å². The van der Waals surface area contributed by atoms with Crippen LogP contribution in [0.5, 0.6) is 0 Å². The standard InChI is InChI=1S/C20H28O2/c1-13(2)20-11-10-19(4,22-20)17(12-20)21-16-9-8-15-7-5-6-14(3)18(15)16/h5-7,13,16-17H,8-12H2,1-4H3. The van der Waals surface area contributed by atoms with Gasteiger partial charge < -0.3 is 9.47 Å². The number of benzene rings is 1. The number of rotatable bonds is 3. The van der Waals surface area contributed by atoms with E-state index in [-0.39, 0.29) is 23.4 Å². The Balaban J connectivity index is 1.57. The number of aryl methyl sites for hydroxylation is 2. The molecular formula is C20H28O2. The van der Waals surface area contributed by atoms with Crippen molar-refractivity contribution in [2.24, 2.45) is 5.92 Å². The van der Waals surface area contributed by atoms with Crippen LogP contribution in [0, 0.1) is 12.8 Å². The van der Waals surface area contributed by atoms with E-state index < -0.39 is 0 Å². The maximum absolute atomic E-state index is 6.67. The Kier molecular flexibility index (Phi) is 3.22. The molecule has 2 heteroatoms. The van der Waals surface area contributed by atoms with Crippen molar-refractivity contribution in [1.82, 2.24) is 0 Å². The van der Waals surface area contributed by atoms with E-state index in [1.54, 1.807) is 0 Å². The van der Waals surface area contributed by atoms with Crippen LogP contribution in [0.3, 0.4) is 0 Å². The zero-order valence-electron chi connectivity index (χ0n) is 14.3. The summed E-state index contributed by atoms with van der Waals surface area (Å²) in [5, 5.41) is 0. The molecule has 0 spiro atoms. The number of fused-ring (bicyclic) bond motifs is 3. The summed E-state index contributed by atoms with van der Waals surface area (Å²) in [5.74, 6) is 0.570. The molecule has 4 rings (SSSR count). The van der Waals surface area contributed by atoms with E-state index >= 15 is 0 Å². The number of ether oxygens (including phenoxy) is 2. The van der Waals surface area contributed by atoms with Crippen molar-refractivity contribution in [2.75, 3.05) is 0 Å². The average molecular weight is 300 g/mol. The first kappa shape index (κ1) is 14.7. The quantitative estimate of drug-likeness (QED) is 0.803. The summed E-state index contributed by atoms with van der Waals surface area (Å²) in [6.07, 6.45) is 6.20. The van der Waals surface area contributed by atoms with Crippen LogP contribution in [-0.4, -0.2) is 17.3 Å². The fourth-order valence-corrected chi connectivity index (χ4v) is 4.95. The van der Waals surface area contributed by atoms with Crippen LogP contribution in [-0.2, 0) is 15.9 Å². The van der Waals surface area contributed by atoms with Gasteiger partial charge in [-0.1, -0.05) is 32.0 Å². The summed E-state index contributed by atoms with van der Waals surface area (Å²) in [6.45, 7) is 9.07. The Bertz CT molecular complexity index is 593. The fourth-order valence-electron chi connectivity index (χ4n) is 4.95. The van der Waals surface area contributed by atoms with Crippen molar-refractivity contribution in [3.63, 3.8) is 0 Å². The highest BCUT2D eigenvalue weighted by Crippen LogP contribution is 2.56. The summed E-state index contributed by atoms with van der Waals surface area (Å²) in [6, 6.07) is 6.65. The third-order valence-corrected chi connectivity index (χ3v) is 6.49. The molecule has 4 unspecified atom stereocenters. The highest BCUT2D eigenvalue weighted by Gasteiger charge is 2.61. The maximum atomic E-state index is 6.67. The first-order valence-corrected chi connectivity index (χ1v) is 8.88. The first-order chi connectivity index (χ1) is 10.4. The zero-order chi connectivity index (χ0) is 15.5. The van der Waals surface area contributed by atoms with Gasteiger partial charge in [-0.3, -0.25) is 0 Å². The molecule has 0 N–H and O–H groups in total. The summed E-state index contributed by atoms with van der Waals surface area (Å²) >= 11 is 0. The molecule has 0 aromatic heterocycles. The maximum Gasteiger partial charge on any atom is 0.0925 e. The van der Waals surface area contributed by atoms with E-state index in [0.717, 1.165) is 25.7 Å². The molecular weight excluding hydrogens is 272 g/mol. The predicted octanol–water partition coefficient (Wildman–Crippen LogP) is 4.74. The molecule has 2 nitrogen and oxygen atoms in total. The lowest BCUT2D eigenvalue weighted by molar-refractivity contribution is -0.110. The number of hydrogen-bond donors (Lipinski definition) is 0. The van der Waals surface area contributed by atoms with Crippen LogP contribution in [0.4, 0.5) is 0 Å².